The number of fused-ring (bicyclic) bond motifs is 3. The van der Waals surface area contributed by atoms with Crippen molar-refractivity contribution >= 4 is 12.9 Å². The molecule has 0 bridgehead atoms. The number of hydrogen-bond donors (Lipinski definition) is 1. The Morgan fingerprint density at radius 1 is 0.674 bits per heavy atom. The molecular weight excluding hydrogens is 536 g/mol. The van der Waals surface area contributed by atoms with Crippen LogP contribution in [0.3, 0.4) is 0 Å². The number of rotatable bonds is 7. The zero-order chi connectivity index (χ0) is 30.6. The van der Waals surface area contributed by atoms with Crippen molar-refractivity contribution in [1.82, 2.24) is 15.0 Å². The van der Waals surface area contributed by atoms with Crippen molar-refractivity contribution < 1.29 is 14.2 Å². The van der Waals surface area contributed by atoms with Gasteiger partial charge in [-0.3, -0.25) is 0 Å². The second-order valence-electron chi connectivity index (χ2n) is 12.6. The highest BCUT2D eigenvalue weighted by atomic mass is 19.1. The summed E-state index contributed by atoms with van der Waals surface area (Å²) in [6.07, 6.45) is 0. The van der Waals surface area contributed by atoms with Gasteiger partial charge in [-0.2, -0.15) is 0 Å². The first-order valence-electron chi connectivity index (χ1n) is 14.4. The normalized spacial score (nSPS) is 13.9. The van der Waals surface area contributed by atoms with E-state index in [0.717, 1.165) is 11.1 Å². The van der Waals surface area contributed by atoms with E-state index >= 15 is 0 Å². The zero-order valence-corrected chi connectivity index (χ0v) is 25.3. The Bertz CT molecular complexity index is 1830. The lowest BCUT2D eigenvalue weighted by Gasteiger charge is -2.37. The summed E-state index contributed by atoms with van der Waals surface area (Å²) in [6.45, 7) is 11.3. The molecule has 6 rings (SSSR count). The highest BCUT2D eigenvalue weighted by Gasteiger charge is 2.37. The molecule has 0 atom stereocenters. The molecule has 1 aliphatic rings. The Hall–Kier alpha value is -4.20. The molecular formula is C36H34BFN3O2. The van der Waals surface area contributed by atoms with Crippen LogP contribution in [0, 0.1) is 5.82 Å². The number of aromatic nitrogens is 3. The third-order valence-corrected chi connectivity index (χ3v) is 8.72. The summed E-state index contributed by atoms with van der Waals surface area (Å²) in [7, 11) is 1.34. The zero-order valence-electron chi connectivity index (χ0n) is 25.3. The minimum atomic E-state index is -1.14. The number of halogens is 1. The van der Waals surface area contributed by atoms with Gasteiger partial charge in [-0.1, -0.05) is 86.6 Å². The average molecular weight is 570 g/mol. The minimum Gasteiger partial charge on any atom is -0.427 e. The third kappa shape index (κ3) is 5.28. The first kappa shape index (κ1) is 28.9. The maximum atomic E-state index is 14.9. The maximum Gasteiger partial charge on any atom is 0.333 e. The van der Waals surface area contributed by atoms with Crippen LogP contribution in [0.4, 0.5) is 4.39 Å². The molecule has 4 aromatic carbocycles. The van der Waals surface area contributed by atoms with E-state index in [1.165, 1.54) is 35.8 Å². The van der Waals surface area contributed by atoms with Crippen molar-refractivity contribution in [3.05, 3.63) is 108 Å². The van der Waals surface area contributed by atoms with Crippen molar-refractivity contribution in [3.8, 4) is 45.3 Å². The van der Waals surface area contributed by atoms with E-state index in [2.05, 4.69) is 56.3 Å². The smallest absolute Gasteiger partial charge is 0.333 e. The van der Waals surface area contributed by atoms with Crippen molar-refractivity contribution in [1.29, 1.82) is 0 Å². The highest BCUT2D eigenvalue weighted by molar-refractivity contribution is 6.47. The highest BCUT2D eigenvalue weighted by Crippen LogP contribution is 2.49. The summed E-state index contributed by atoms with van der Waals surface area (Å²) in [6, 6.07) is 29.4. The van der Waals surface area contributed by atoms with Gasteiger partial charge in [0, 0.05) is 22.1 Å². The second-order valence-corrected chi connectivity index (χ2v) is 12.6. The van der Waals surface area contributed by atoms with Gasteiger partial charge in [-0.15, -0.1) is 0 Å². The Balaban J connectivity index is 1.44. The van der Waals surface area contributed by atoms with Crippen LogP contribution in [0.25, 0.3) is 45.3 Å². The van der Waals surface area contributed by atoms with Gasteiger partial charge in [0.05, 0.1) is 11.2 Å². The summed E-state index contributed by atoms with van der Waals surface area (Å²) < 4.78 is 20.8. The Kier molecular flexibility index (Phi) is 7.06. The first-order chi connectivity index (χ1) is 20.3. The van der Waals surface area contributed by atoms with Crippen molar-refractivity contribution in [3.63, 3.8) is 0 Å². The predicted octanol–water partition coefficient (Wildman–Crippen LogP) is 7.13. The van der Waals surface area contributed by atoms with Gasteiger partial charge in [-0.25, -0.2) is 19.3 Å². The summed E-state index contributed by atoms with van der Waals surface area (Å²) in [5, 5.41) is 10.5. The van der Waals surface area contributed by atoms with E-state index in [0.29, 0.717) is 23.0 Å². The minimum absolute atomic E-state index is 0.168. The fourth-order valence-electron chi connectivity index (χ4n) is 5.32. The van der Waals surface area contributed by atoms with Crippen molar-refractivity contribution in [2.75, 3.05) is 0 Å². The molecule has 1 radical (unpaired) electrons. The summed E-state index contributed by atoms with van der Waals surface area (Å²) in [4.78, 5) is 14.6. The van der Waals surface area contributed by atoms with E-state index < -0.39 is 17.0 Å². The Morgan fingerprint density at radius 2 is 1.23 bits per heavy atom. The van der Waals surface area contributed by atoms with Crippen LogP contribution < -0.4 is 5.46 Å². The average Bonchev–Trinajstić information content (AvgIpc) is 3.22. The molecule has 5 aromatic rings. The fourth-order valence-corrected chi connectivity index (χ4v) is 5.32. The van der Waals surface area contributed by atoms with Crippen LogP contribution in [0.5, 0.6) is 0 Å². The maximum absolute atomic E-state index is 14.9. The molecule has 5 nitrogen and oxygen atoms in total. The molecule has 7 heteroatoms. The molecule has 0 spiro atoms. The van der Waals surface area contributed by atoms with Gasteiger partial charge >= 0.3 is 7.48 Å². The van der Waals surface area contributed by atoms with Gasteiger partial charge in [0.2, 0.25) is 0 Å². The van der Waals surface area contributed by atoms with E-state index in [1.807, 2.05) is 30.3 Å². The van der Waals surface area contributed by atoms with E-state index in [1.54, 1.807) is 39.8 Å². The molecule has 215 valence electrons. The van der Waals surface area contributed by atoms with Crippen LogP contribution in [-0.4, -0.2) is 38.7 Å². The Labute approximate surface area is 253 Å². The summed E-state index contributed by atoms with van der Waals surface area (Å²) in [5.74, 6) is 1.03. The second kappa shape index (κ2) is 10.5. The monoisotopic (exact) mass is 570 g/mol. The molecule has 0 fully saturated rings. The van der Waals surface area contributed by atoms with Gasteiger partial charge in [0.15, 0.2) is 17.5 Å². The Morgan fingerprint density at radius 3 is 1.91 bits per heavy atom. The summed E-state index contributed by atoms with van der Waals surface area (Å²) in [5.41, 5.74) is 5.31. The van der Waals surface area contributed by atoms with Crippen LogP contribution >= 0.6 is 0 Å². The van der Waals surface area contributed by atoms with Gasteiger partial charge in [-0.05, 0) is 73.6 Å². The van der Waals surface area contributed by atoms with Crippen LogP contribution in [0.2, 0.25) is 0 Å². The molecule has 1 N–H and O–H groups in total. The largest absolute Gasteiger partial charge is 0.427 e. The quantitative estimate of drug-likeness (QED) is 0.211. The SMILES string of the molecule is CC1(C)c2ccccc2-c2ccc(-c3nc(-c4ccccc4)nc(-c4ccc(F)c([B]OC(C)(C)C(C)(C)O)c4)n3)cc21. The predicted molar refractivity (Wildman–Crippen MR) is 171 cm³/mol. The van der Waals surface area contributed by atoms with Crippen molar-refractivity contribution in [2.45, 2.75) is 58.2 Å². The number of benzene rings is 4. The van der Waals surface area contributed by atoms with E-state index in [4.69, 9.17) is 19.6 Å². The molecule has 0 amide bonds. The topological polar surface area (TPSA) is 68.1 Å². The molecule has 0 unspecified atom stereocenters. The van der Waals surface area contributed by atoms with E-state index in [-0.39, 0.29) is 10.9 Å². The molecule has 1 aliphatic carbocycles. The molecule has 1 heterocycles. The van der Waals surface area contributed by atoms with Crippen LogP contribution in [0.15, 0.2) is 91.0 Å². The number of aliphatic hydroxyl groups is 1. The lowest BCUT2D eigenvalue weighted by Crippen LogP contribution is -2.49. The molecule has 0 saturated heterocycles. The van der Waals surface area contributed by atoms with E-state index in [9.17, 15) is 9.50 Å². The van der Waals surface area contributed by atoms with Gasteiger partial charge in [0.25, 0.3) is 0 Å². The molecule has 1 aromatic heterocycles. The van der Waals surface area contributed by atoms with Crippen LogP contribution in [-0.2, 0) is 10.1 Å². The standard InChI is InChI=1S/C36H34BFN3O2/c1-34(2)27-15-11-10-14-25(27)26-18-16-23(20-28(26)34)32-39-31(22-12-8-7-9-13-22)40-33(41-32)24-17-19-30(38)29(21-24)37-43-36(5,6)35(3,4)42/h7-21,42H,1-6H3. The number of hydrogen-bond acceptors (Lipinski definition) is 5. The lowest BCUT2D eigenvalue weighted by molar-refractivity contribution is -0.0893. The van der Waals surface area contributed by atoms with Gasteiger partial charge < -0.3 is 9.76 Å². The first-order valence-corrected chi connectivity index (χ1v) is 14.4. The van der Waals surface area contributed by atoms with Gasteiger partial charge in [0.1, 0.15) is 5.82 Å². The molecule has 43 heavy (non-hydrogen) atoms. The van der Waals surface area contributed by atoms with Crippen LogP contribution in [0.1, 0.15) is 52.7 Å². The fraction of sp³-hybridized carbons (Fsp3) is 0.250. The third-order valence-electron chi connectivity index (χ3n) is 8.72. The number of nitrogens with zero attached hydrogens (tertiary/aromatic N) is 3. The van der Waals surface area contributed by atoms with Crippen molar-refractivity contribution in [2.24, 2.45) is 0 Å². The summed E-state index contributed by atoms with van der Waals surface area (Å²) >= 11 is 0. The molecule has 0 saturated carbocycles. The lowest BCUT2D eigenvalue weighted by atomic mass is 9.81. The molecule has 0 aliphatic heterocycles.